The topological polar surface area (TPSA) is 66.8 Å². The molecule has 3 fully saturated rings. The second kappa shape index (κ2) is 8.63. The number of likely N-dealkylation sites (tertiary alicyclic amines) is 1. The molecule has 4 rings (SSSR count). The predicted molar refractivity (Wildman–Crippen MR) is 120 cm³/mol. The van der Waals surface area contributed by atoms with Crippen molar-refractivity contribution >= 4 is 34.5 Å². The number of amides is 1. The first-order valence-corrected chi connectivity index (χ1v) is 12.0. The summed E-state index contributed by atoms with van der Waals surface area (Å²) in [4.78, 5) is 25.7. The third kappa shape index (κ3) is 4.75. The molecular weight excluding hydrogens is 500 g/mol. The number of halogens is 2. The normalized spacial score (nSPS) is 29.1. The van der Waals surface area contributed by atoms with E-state index in [4.69, 9.17) is 4.74 Å². The van der Waals surface area contributed by atoms with Gasteiger partial charge in [-0.05, 0) is 68.4 Å². The molecule has 0 spiro atoms. The highest BCUT2D eigenvalue weighted by Gasteiger charge is 2.37. The van der Waals surface area contributed by atoms with Crippen LogP contribution in [0.5, 0.6) is 5.75 Å². The van der Waals surface area contributed by atoms with Crippen LogP contribution in [0, 0.1) is 11.7 Å². The summed E-state index contributed by atoms with van der Waals surface area (Å²) < 4.78 is 21.4. The lowest BCUT2D eigenvalue weighted by Crippen LogP contribution is -2.40. The summed E-state index contributed by atoms with van der Waals surface area (Å²) in [7, 11) is 0. The number of carboxylic acids is 1. The largest absolute Gasteiger partial charge is 0.493 e. The third-order valence-electron chi connectivity index (χ3n) is 6.65. The maximum absolute atomic E-state index is 15.0. The molecule has 3 aliphatic rings. The van der Waals surface area contributed by atoms with Gasteiger partial charge in [0.15, 0.2) is 0 Å². The molecule has 0 radical (unpaired) electrons. The van der Waals surface area contributed by atoms with Crippen LogP contribution >= 0.6 is 22.6 Å². The average molecular weight is 529 g/mol. The van der Waals surface area contributed by atoms with Crippen LogP contribution in [0.2, 0.25) is 0 Å². The second-order valence-electron chi connectivity index (χ2n) is 9.33. The van der Waals surface area contributed by atoms with Crippen LogP contribution in [0.25, 0.3) is 0 Å². The Morgan fingerprint density at radius 3 is 2.70 bits per heavy atom. The number of aliphatic carboxylic acids is 1. The van der Waals surface area contributed by atoms with Crippen LogP contribution in [-0.4, -0.2) is 44.5 Å². The Bertz CT molecular complexity index is 839. The molecule has 1 aromatic carbocycles. The Hall–Kier alpha value is -1.38. The first-order valence-electron chi connectivity index (χ1n) is 10.9. The van der Waals surface area contributed by atoms with Gasteiger partial charge < -0.3 is 14.7 Å². The number of carbonyl (C=O) groups excluding carboxylic acids is 1. The average Bonchev–Trinajstić information content (AvgIpc) is 3.40. The molecule has 1 heterocycles. The van der Waals surface area contributed by atoms with Crippen molar-refractivity contribution in [2.75, 3.05) is 13.2 Å². The number of nitrogens with zero attached hydrogens (tertiary/aromatic N) is 1. The number of alkyl halides is 1. The van der Waals surface area contributed by atoms with Crippen molar-refractivity contribution in [3.63, 3.8) is 0 Å². The van der Waals surface area contributed by atoms with E-state index in [9.17, 15) is 19.1 Å². The van der Waals surface area contributed by atoms with Crippen molar-refractivity contribution in [1.82, 2.24) is 4.90 Å². The minimum Gasteiger partial charge on any atom is -0.493 e. The molecule has 7 heteroatoms. The monoisotopic (exact) mass is 529 g/mol. The van der Waals surface area contributed by atoms with Gasteiger partial charge in [-0.1, -0.05) is 35.9 Å². The number of benzene rings is 1. The van der Waals surface area contributed by atoms with Gasteiger partial charge in [-0.2, -0.15) is 0 Å². The zero-order chi connectivity index (χ0) is 21.5. The van der Waals surface area contributed by atoms with E-state index >= 15 is 0 Å². The van der Waals surface area contributed by atoms with Crippen LogP contribution < -0.4 is 4.74 Å². The fourth-order valence-electron chi connectivity index (χ4n) is 4.91. The summed E-state index contributed by atoms with van der Waals surface area (Å²) in [5, 5.41) is 9.37. The molecule has 5 nitrogen and oxygen atoms in total. The number of carboxylic acid groups (broad SMARTS) is 1. The Balaban J connectivity index is 1.53. The molecule has 1 saturated heterocycles. The van der Waals surface area contributed by atoms with Gasteiger partial charge in [0.2, 0.25) is 0 Å². The number of hydrogen-bond donors (Lipinski definition) is 1. The highest BCUT2D eigenvalue weighted by atomic mass is 127. The Morgan fingerprint density at radius 1 is 1.27 bits per heavy atom. The van der Waals surface area contributed by atoms with Gasteiger partial charge in [-0.15, -0.1) is 0 Å². The van der Waals surface area contributed by atoms with Gasteiger partial charge in [0.05, 0.1) is 12.2 Å². The number of hydrogen-bond acceptors (Lipinski definition) is 3. The molecule has 3 atom stereocenters. The van der Waals surface area contributed by atoms with Gasteiger partial charge in [-0.25, -0.2) is 9.18 Å². The molecule has 1 aliphatic heterocycles. The minimum atomic E-state index is -1.03. The van der Waals surface area contributed by atoms with Crippen LogP contribution in [0.1, 0.15) is 80.1 Å². The maximum atomic E-state index is 15.0. The van der Waals surface area contributed by atoms with Crippen molar-refractivity contribution in [2.45, 2.75) is 73.7 Å². The highest BCUT2D eigenvalue weighted by molar-refractivity contribution is 14.1. The zero-order valence-electron chi connectivity index (χ0n) is 17.3. The van der Waals surface area contributed by atoms with E-state index in [2.05, 4.69) is 29.5 Å². The zero-order valence-corrected chi connectivity index (χ0v) is 19.5. The van der Waals surface area contributed by atoms with Gasteiger partial charge >= 0.3 is 5.97 Å². The first-order chi connectivity index (χ1) is 14.2. The highest BCUT2D eigenvalue weighted by Crippen LogP contribution is 2.46. The Morgan fingerprint density at radius 2 is 2.03 bits per heavy atom. The first kappa shape index (κ1) is 21.8. The van der Waals surface area contributed by atoms with Crippen molar-refractivity contribution in [3.05, 3.63) is 29.1 Å². The lowest BCUT2D eigenvalue weighted by molar-refractivity contribution is -0.141. The van der Waals surface area contributed by atoms with Crippen molar-refractivity contribution < 1.29 is 23.8 Å². The number of rotatable bonds is 6. The quantitative estimate of drug-likeness (QED) is 0.409. The molecule has 1 N–H and O–H groups in total. The lowest BCUT2D eigenvalue weighted by atomic mass is 9.83. The van der Waals surface area contributed by atoms with E-state index in [1.807, 2.05) is 0 Å². The van der Waals surface area contributed by atoms with Crippen molar-refractivity contribution in [1.29, 1.82) is 0 Å². The summed E-state index contributed by atoms with van der Waals surface area (Å²) in [5.41, 5.74) is 0.855. The molecule has 1 aromatic rings. The summed E-state index contributed by atoms with van der Waals surface area (Å²) in [6.07, 6.45) is 7.67. The smallest absolute Gasteiger partial charge is 0.326 e. The van der Waals surface area contributed by atoms with Gasteiger partial charge in [0.25, 0.3) is 5.91 Å². The van der Waals surface area contributed by atoms with Gasteiger partial charge in [-0.3, -0.25) is 4.79 Å². The summed E-state index contributed by atoms with van der Waals surface area (Å²) in [5.74, 6) is -0.890. The fourth-order valence-corrected chi connectivity index (χ4v) is 5.91. The van der Waals surface area contributed by atoms with Gasteiger partial charge in [0, 0.05) is 16.0 Å². The van der Waals surface area contributed by atoms with Crippen LogP contribution in [0.4, 0.5) is 4.39 Å². The van der Waals surface area contributed by atoms with E-state index < -0.39 is 23.7 Å². The van der Waals surface area contributed by atoms with E-state index in [1.165, 1.54) is 23.8 Å². The number of ether oxygens (including phenoxy) is 1. The maximum Gasteiger partial charge on any atom is 0.326 e. The second-order valence-corrected chi connectivity index (χ2v) is 11.9. The van der Waals surface area contributed by atoms with Gasteiger partial charge in [0.1, 0.15) is 17.6 Å². The molecule has 2 saturated carbocycles. The SMILES string of the molecule is CC1(I)CCCC(COc2cc(F)c(C(=O)N3CCC[C@H]3C(=O)O)cc2C2CC2)C1. The third-order valence-corrected chi connectivity index (χ3v) is 7.62. The minimum absolute atomic E-state index is 0.0325. The van der Waals surface area contributed by atoms with E-state index in [0.29, 0.717) is 47.0 Å². The molecule has 0 aromatic heterocycles. The van der Waals surface area contributed by atoms with E-state index in [0.717, 1.165) is 31.2 Å². The fraction of sp³-hybridized carbons (Fsp3) is 0.652. The standard InChI is InChI=1S/C23H29FINO4/c1-23(25)8-2-4-14(12-23)13-30-20-11-18(24)17(10-16(20)15-6-7-15)21(27)26-9-3-5-19(26)22(28)29/h10-11,14-15,19H,2-9,12-13H2,1H3,(H,28,29)/t14?,19-,23?/m0/s1. The molecule has 1 amide bonds. The summed E-state index contributed by atoms with van der Waals surface area (Å²) in [6.45, 7) is 3.19. The van der Waals surface area contributed by atoms with E-state index in [-0.39, 0.29) is 5.56 Å². The van der Waals surface area contributed by atoms with Crippen molar-refractivity contribution in [3.8, 4) is 5.75 Å². The molecule has 2 unspecified atom stereocenters. The molecule has 2 aliphatic carbocycles. The number of carbonyl (C=O) groups is 2. The molecule has 0 bridgehead atoms. The van der Waals surface area contributed by atoms with Crippen LogP contribution in [0.15, 0.2) is 12.1 Å². The molecule has 30 heavy (non-hydrogen) atoms. The van der Waals surface area contributed by atoms with Crippen LogP contribution in [-0.2, 0) is 4.79 Å². The molecule has 164 valence electrons. The Labute approximate surface area is 190 Å². The lowest BCUT2D eigenvalue weighted by Gasteiger charge is -2.33. The van der Waals surface area contributed by atoms with E-state index in [1.54, 1.807) is 6.07 Å². The van der Waals surface area contributed by atoms with Crippen LogP contribution in [0.3, 0.4) is 0 Å². The summed E-state index contributed by atoms with van der Waals surface area (Å²) >= 11 is 2.53. The molecular formula is C23H29FINO4. The van der Waals surface area contributed by atoms with Crippen molar-refractivity contribution in [2.24, 2.45) is 5.92 Å². The summed E-state index contributed by atoms with van der Waals surface area (Å²) in [6, 6.07) is 2.09. The Kier molecular flexibility index (Phi) is 6.28. The predicted octanol–water partition coefficient (Wildman–Crippen LogP) is 5.16.